The van der Waals surface area contributed by atoms with E-state index in [9.17, 15) is 0 Å². The zero-order valence-corrected chi connectivity index (χ0v) is 10.9. The molecule has 0 radical (unpaired) electrons. The van der Waals surface area contributed by atoms with Gasteiger partial charge in [-0.1, -0.05) is 34.1 Å². The zero-order chi connectivity index (χ0) is 6.97. The Morgan fingerprint density at radius 3 is 2.73 bits per heavy atom. The van der Waals surface area contributed by atoms with E-state index in [1.54, 1.807) is 0 Å². The van der Waals surface area contributed by atoms with Gasteiger partial charge in [0.05, 0.1) is 0 Å². The van der Waals surface area contributed by atoms with Crippen molar-refractivity contribution in [2.75, 3.05) is 0 Å². The van der Waals surface area contributed by atoms with E-state index >= 15 is 0 Å². The van der Waals surface area contributed by atoms with Crippen molar-refractivity contribution >= 4 is 26.8 Å². The molecule has 2 aromatic rings. The van der Waals surface area contributed by atoms with Crippen LogP contribution in [0.4, 0.5) is 0 Å². The molecule has 11 heavy (non-hydrogen) atoms. The number of nitrogens with zero attached hydrogens (tertiary/aromatic N) is 1. The number of hydrogen-bond donors (Lipinski definition) is 0. The third-order valence-electron chi connectivity index (χ3n) is 1.48. The van der Waals surface area contributed by atoms with Crippen LogP contribution < -0.4 is 56.4 Å². The second-order valence-corrected chi connectivity index (χ2v) is 2.97. The standard InChI is InChI=1S/C8H5BrN.K/c9-7-2-1-3-8-6(7)4-5-10-8;/h1-5H;/q-1;+1. The Bertz CT molecular complexity index is 356. The molecule has 0 unspecified atom stereocenters. The Morgan fingerprint density at radius 2 is 2.00 bits per heavy atom. The maximum Gasteiger partial charge on any atom is 1.00 e. The molecule has 2 rings (SSSR count). The normalized spacial score (nSPS) is 9.55. The molecule has 0 saturated carbocycles. The fourth-order valence-corrected chi connectivity index (χ4v) is 1.48. The van der Waals surface area contributed by atoms with Crippen LogP contribution in [0, 0.1) is 0 Å². The average Bonchev–Trinajstić information content (AvgIpc) is 2.36. The molecule has 0 atom stereocenters. The third kappa shape index (κ3) is 1.97. The molecule has 3 heteroatoms. The fraction of sp³-hybridized carbons (Fsp3) is 0. The number of halogens is 1. The van der Waals surface area contributed by atoms with Crippen LogP contribution in [0.25, 0.3) is 10.9 Å². The van der Waals surface area contributed by atoms with Crippen molar-refractivity contribution < 1.29 is 51.4 Å². The van der Waals surface area contributed by atoms with E-state index in [4.69, 9.17) is 0 Å². The van der Waals surface area contributed by atoms with Crippen LogP contribution in [-0.2, 0) is 0 Å². The Morgan fingerprint density at radius 1 is 1.18 bits per heavy atom. The Hall–Kier alpha value is 0.876. The monoisotopic (exact) mass is 233 g/mol. The van der Waals surface area contributed by atoms with E-state index in [0.29, 0.717) is 0 Å². The summed E-state index contributed by atoms with van der Waals surface area (Å²) in [4.78, 5) is 4.15. The topological polar surface area (TPSA) is 14.1 Å². The summed E-state index contributed by atoms with van der Waals surface area (Å²) in [6.07, 6.45) is 1.81. The van der Waals surface area contributed by atoms with Gasteiger partial charge in [-0.2, -0.15) is 6.20 Å². The first-order chi connectivity index (χ1) is 4.88. The number of fused-ring (bicyclic) bond motifs is 1. The summed E-state index contributed by atoms with van der Waals surface area (Å²) in [7, 11) is 0. The first kappa shape index (κ1) is 9.96. The summed E-state index contributed by atoms with van der Waals surface area (Å²) in [6, 6.07) is 8.00. The molecule has 0 aliphatic rings. The van der Waals surface area contributed by atoms with E-state index < -0.39 is 0 Å². The maximum absolute atomic E-state index is 4.15. The van der Waals surface area contributed by atoms with Crippen LogP contribution in [-0.4, -0.2) is 0 Å². The van der Waals surface area contributed by atoms with Crippen LogP contribution in [0.5, 0.6) is 0 Å². The Labute approximate surface area is 116 Å². The van der Waals surface area contributed by atoms with Gasteiger partial charge in [0.2, 0.25) is 0 Å². The van der Waals surface area contributed by atoms with Crippen molar-refractivity contribution in [3.05, 3.63) is 34.9 Å². The maximum atomic E-state index is 4.15. The minimum Gasteiger partial charge on any atom is -0.664 e. The predicted octanol–water partition coefficient (Wildman–Crippen LogP) is -0.437. The molecule has 50 valence electrons. The van der Waals surface area contributed by atoms with Crippen LogP contribution in [0.2, 0.25) is 0 Å². The number of hydrogen-bond acceptors (Lipinski definition) is 0. The van der Waals surface area contributed by atoms with Gasteiger partial charge < -0.3 is 4.98 Å². The molecule has 0 N–H and O–H groups in total. The molecule has 1 aromatic carbocycles. The van der Waals surface area contributed by atoms with E-state index in [2.05, 4.69) is 20.9 Å². The van der Waals surface area contributed by atoms with Gasteiger partial charge in [-0.05, 0) is 11.5 Å². The summed E-state index contributed by atoms with van der Waals surface area (Å²) in [5.74, 6) is 0. The summed E-state index contributed by atoms with van der Waals surface area (Å²) in [6.45, 7) is 0. The van der Waals surface area contributed by atoms with Gasteiger partial charge >= 0.3 is 51.4 Å². The van der Waals surface area contributed by atoms with Crippen molar-refractivity contribution in [1.82, 2.24) is 4.98 Å². The van der Waals surface area contributed by atoms with Crippen molar-refractivity contribution in [2.24, 2.45) is 0 Å². The zero-order valence-electron chi connectivity index (χ0n) is 6.21. The molecule has 0 bridgehead atoms. The van der Waals surface area contributed by atoms with Gasteiger partial charge in [-0.15, -0.1) is 5.52 Å². The van der Waals surface area contributed by atoms with Crippen molar-refractivity contribution in [3.63, 3.8) is 0 Å². The average molecular weight is 234 g/mol. The first-order valence-corrected chi connectivity index (χ1v) is 3.83. The Kier molecular flexibility index (Phi) is 3.81. The van der Waals surface area contributed by atoms with Crippen molar-refractivity contribution in [2.45, 2.75) is 0 Å². The number of aromatic nitrogens is 1. The van der Waals surface area contributed by atoms with Gasteiger partial charge in [-0.3, -0.25) is 0 Å². The molecule has 1 aromatic heterocycles. The van der Waals surface area contributed by atoms with Crippen LogP contribution in [0.15, 0.2) is 34.9 Å². The molecule has 0 aliphatic heterocycles. The molecule has 1 nitrogen and oxygen atoms in total. The molecule has 0 spiro atoms. The predicted molar refractivity (Wildman–Crippen MR) is 45.0 cm³/mol. The third-order valence-corrected chi connectivity index (χ3v) is 2.18. The smallest absolute Gasteiger partial charge is 0.664 e. The quantitative estimate of drug-likeness (QED) is 0.564. The second kappa shape index (κ2) is 4.21. The van der Waals surface area contributed by atoms with Crippen LogP contribution in [0.1, 0.15) is 0 Å². The largest absolute Gasteiger partial charge is 1.00 e. The van der Waals surface area contributed by atoms with E-state index in [1.165, 1.54) is 5.39 Å². The summed E-state index contributed by atoms with van der Waals surface area (Å²) in [5.41, 5.74) is 1.05. The molecule has 0 aliphatic carbocycles. The van der Waals surface area contributed by atoms with Gasteiger partial charge in [0.25, 0.3) is 0 Å². The van der Waals surface area contributed by atoms with E-state index in [1.807, 2.05) is 30.5 Å². The van der Waals surface area contributed by atoms with Gasteiger partial charge in [-0.25, -0.2) is 0 Å². The summed E-state index contributed by atoms with van der Waals surface area (Å²) >= 11 is 3.44. The molecule has 0 amide bonds. The minimum absolute atomic E-state index is 0. The van der Waals surface area contributed by atoms with Crippen LogP contribution in [0.3, 0.4) is 0 Å². The van der Waals surface area contributed by atoms with Crippen LogP contribution >= 0.6 is 15.9 Å². The molecule has 1 heterocycles. The van der Waals surface area contributed by atoms with Gasteiger partial charge in [0.15, 0.2) is 0 Å². The van der Waals surface area contributed by atoms with E-state index in [-0.39, 0.29) is 51.4 Å². The second-order valence-electron chi connectivity index (χ2n) is 2.12. The minimum atomic E-state index is 0. The Balaban J connectivity index is 0.000000605. The molecule has 0 fully saturated rings. The van der Waals surface area contributed by atoms with Crippen molar-refractivity contribution in [3.8, 4) is 0 Å². The SMILES string of the molecule is Brc1cccc2[n-]ccc12.[K+]. The van der Waals surface area contributed by atoms with Gasteiger partial charge in [0.1, 0.15) is 0 Å². The molecular formula is C8H5BrKN. The van der Waals surface area contributed by atoms with Crippen molar-refractivity contribution in [1.29, 1.82) is 0 Å². The summed E-state index contributed by atoms with van der Waals surface area (Å²) in [5, 5.41) is 1.18. The molecular weight excluding hydrogens is 229 g/mol. The summed E-state index contributed by atoms with van der Waals surface area (Å²) < 4.78 is 1.11. The van der Waals surface area contributed by atoms with E-state index in [0.717, 1.165) is 9.99 Å². The number of rotatable bonds is 0. The molecule has 0 saturated heterocycles. The number of benzene rings is 1. The van der Waals surface area contributed by atoms with Gasteiger partial charge in [0, 0.05) is 4.47 Å². The fourth-order valence-electron chi connectivity index (χ4n) is 0.995. The first-order valence-electron chi connectivity index (χ1n) is 3.04.